The van der Waals surface area contributed by atoms with Crippen molar-refractivity contribution in [2.75, 3.05) is 20.1 Å². The van der Waals surface area contributed by atoms with Crippen LogP contribution in [0.5, 0.6) is 0 Å². The molecule has 0 N–H and O–H groups in total. The van der Waals surface area contributed by atoms with Gasteiger partial charge >= 0.3 is 0 Å². The van der Waals surface area contributed by atoms with Crippen LogP contribution in [0.2, 0.25) is 0 Å². The zero-order chi connectivity index (χ0) is 14.8. The highest BCUT2D eigenvalue weighted by atomic mass is 79.9. The van der Waals surface area contributed by atoms with Gasteiger partial charge in [-0.25, -0.2) is 0 Å². The molecule has 2 aromatic rings. The molecule has 112 valence electrons. The van der Waals surface area contributed by atoms with Crippen molar-refractivity contribution >= 4 is 28.1 Å². The van der Waals surface area contributed by atoms with E-state index in [0.29, 0.717) is 22.2 Å². The first-order valence-electron chi connectivity index (χ1n) is 6.71. The number of likely N-dealkylation sites (N-methyl/N-ethyl adjacent to an activating group) is 1. The molecule has 0 spiro atoms. The molecule has 0 unspecified atom stereocenters. The summed E-state index contributed by atoms with van der Waals surface area (Å²) in [5.41, 5.74) is 0. The lowest BCUT2D eigenvalue weighted by atomic mass is 10.2. The second-order valence-electron chi connectivity index (χ2n) is 5.11. The molecule has 0 amide bonds. The number of hydrogen-bond acceptors (Lipinski definition) is 6. The average Bonchev–Trinajstić information content (AvgIpc) is 3.04. The van der Waals surface area contributed by atoms with E-state index in [0.717, 1.165) is 13.1 Å². The molecule has 1 aliphatic rings. The normalized spacial score (nSPS) is 24.0. The first kappa shape index (κ1) is 14.5. The van der Waals surface area contributed by atoms with E-state index in [1.54, 1.807) is 12.2 Å². The van der Waals surface area contributed by atoms with Gasteiger partial charge in [-0.2, -0.15) is 0 Å². The van der Waals surface area contributed by atoms with Crippen LogP contribution in [0.25, 0.3) is 12.2 Å². The van der Waals surface area contributed by atoms with E-state index in [1.165, 1.54) is 0 Å². The average molecular weight is 354 g/mol. The van der Waals surface area contributed by atoms with Crippen molar-refractivity contribution in [3.8, 4) is 0 Å². The molecule has 0 aliphatic carbocycles. The van der Waals surface area contributed by atoms with E-state index >= 15 is 0 Å². The van der Waals surface area contributed by atoms with E-state index in [1.807, 2.05) is 19.1 Å². The van der Waals surface area contributed by atoms with Crippen LogP contribution < -0.4 is 0 Å². The van der Waals surface area contributed by atoms with Crippen LogP contribution in [0, 0.1) is 0 Å². The molecule has 3 rings (SSSR count). The molecule has 6 nitrogen and oxygen atoms in total. The number of nitrogens with zero attached hydrogens (tertiary/aromatic N) is 3. The Kier molecular flexibility index (Phi) is 4.23. The molecule has 0 bridgehead atoms. The largest absolute Gasteiger partial charge is 0.450 e. The summed E-state index contributed by atoms with van der Waals surface area (Å²) in [5.74, 6) is 1.65. The fraction of sp³-hybridized carbons (Fsp3) is 0.429. The molecule has 2 atom stereocenters. The SMILES string of the molecule is C[C@@H]1CN(C)C[C@H](c2nnc(/C=C/c3ccc(Br)o3)o2)O1. The Bertz CT molecular complexity index is 627. The number of hydrogen-bond donors (Lipinski definition) is 0. The second-order valence-corrected chi connectivity index (χ2v) is 5.89. The fourth-order valence-electron chi connectivity index (χ4n) is 2.31. The van der Waals surface area contributed by atoms with Gasteiger partial charge in [0.15, 0.2) is 4.67 Å². The van der Waals surface area contributed by atoms with E-state index in [-0.39, 0.29) is 12.2 Å². The minimum absolute atomic E-state index is 0.153. The number of halogens is 1. The van der Waals surface area contributed by atoms with Crippen molar-refractivity contribution < 1.29 is 13.6 Å². The van der Waals surface area contributed by atoms with Crippen molar-refractivity contribution in [2.24, 2.45) is 0 Å². The molecule has 0 radical (unpaired) electrons. The molecule has 2 aromatic heterocycles. The second kappa shape index (κ2) is 6.13. The summed E-state index contributed by atoms with van der Waals surface area (Å²) < 4.78 is 17.5. The number of aromatic nitrogens is 2. The molecule has 1 saturated heterocycles. The summed E-state index contributed by atoms with van der Waals surface area (Å²) in [6.07, 6.45) is 3.47. The molecule has 0 saturated carbocycles. The number of furan rings is 1. The van der Waals surface area contributed by atoms with Crippen LogP contribution in [-0.2, 0) is 4.74 Å². The minimum Gasteiger partial charge on any atom is -0.450 e. The maximum absolute atomic E-state index is 5.84. The third kappa shape index (κ3) is 3.61. The highest BCUT2D eigenvalue weighted by molar-refractivity contribution is 9.10. The van der Waals surface area contributed by atoms with Gasteiger partial charge in [0.1, 0.15) is 11.9 Å². The van der Waals surface area contributed by atoms with Crippen LogP contribution in [0.3, 0.4) is 0 Å². The smallest absolute Gasteiger partial charge is 0.246 e. The van der Waals surface area contributed by atoms with E-state index in [4.69, 9.17) is 13.6 Å². The molecular weight excluding hydrogens is 338 g/mol. The van der Waals surface area contributed by atoms with Gasteiger partial charge in [-0.1, -0.05) is 0 Å². The Hall–Kier alpha value is -1.44. The zero-order valence-corrected chi connectivity index (χ0v) is 13.4. The lowest BCUT2D eigenvalue weighted by Crippen LogP contribution is -2.40. The van der Waals surface area contributed by atoms with Gasteiger partial charge in [-0.05, 0) is 48.1 Å². The van der Waals surface area contributed by atoms with E-state index in [9.17, 15) is 0 Å². The summed E-state index contributed by atoms with van der Waals surface area (Å²) in [6.45, 7) is 3.69. The third-order valence-corrected chi connectivity index (χ3v) is 3.58. The Morgan fingerprint density at radius 1 is 1.24 bits per heavy atom. The first-order valence-corrected chi connectivity index (χ1v) is 7.50. The van der Waals surface area contributed by atoms with Crippen LogP contribution in [0.15, 0.2) is 25.6 Å². The van der Waals surface area contributed by atoms with Crippen LogP contribution in [0.1, 0.15) is 30.6 Å². The van der Waals surface area contributed by atoms with Crippen molar-refractivity contribution in [3.05, 3.63) is 34.3 Å². The van der Waals surface area contributed by atoms with Gasteiger partial charge in [-0.3, -0.25) is 0 Å². The lowest BCUT2D eigenvalue weighted by molar-refractivity contribution is -0.0823. The van der Waals surface area contributed by atoms with Gasteiger partial charge in [0.05, 0.1) is 6.10 Å². The summed E-state index contributed by atoms with van der Waals surface area (Å²) in [5, 5.41) is 8.07. The van der Waals surface area contributed by atoms with Gasteiger partial charge in [-0.15, -0.1) is 10.2 Å². The monoisotopic (exact) mass is 353 g/mol. The summed E-state index contributed by atoms with van der Waals surface area (Å²) in [7, 11) is 2.05. The number of morpholine rings is 1. The van der Waals surface area contributed by atoms with Crippen LogP contribution in [-0.4, -0.2) is 41.3 Å². The summed E-state index contributed by atoms with van der Waals surface area (Å²) in [4.78, 5) is 2.19. The highest BCUT2D eigenvalue weighted by Gasteiger charge is 2.28. The summed E-state index contributed by atoms with van der Waals surface area (Å²) in [6, 6.07) is 3.67. The zero-order valence-electron chi connectivity index (χ0n) is 11.8. The Labute approximate surface area is 130 Å². The molecule has 21 heavy (non-hydrogen) atoms. The fourth-order valence-corrected chi connectivity index (χ4v) is 2.63. The Morgan fingerprint density at radius 2 is 2.10 bits per heavy atom. The maximum atomic E-state index is 5.84. The Morgan fingerprint density at radius 3 is 2.81 bits per heavy atom. The standard InChI is InChI=1S/C14H16BrN3O3/c1-9-7-18(2)8-11(19-9)14-17-16-13(21-14)6-4-10-3-5-12(15)20-10/h3-6,9,11H,7-8H2,1-2H3/b6-4+/t9-,11-/m1/s1. The quantitative estimate of drug-likeness (QED) is 0.844. The van der Waals surface area contributed by atoms with Gasteiger partial charge in [0.25, 0.3) is 0 Å². The summed E-state index contributed by atoms with van der Waals surface area (Å²) >= 11 is 3.25. The van der Waals surface area contributed by atoms with Crippen LogP contribution in [0.4, 0.5) is 0 Å². The van der Waals surface area contributed by atoms with Crippen LogP contribution >= 0.6 is 15.9 Å². The third-order valence-electron chi connectivity index (χ3n) is 3.16. The van der Waals surface area contributed by atoms with Crippen molar-refractivity contribution in [2.45, 2.75) is 19.1 Å². The lowest BCUT2D eigenvalue weighted by Gasteiger charge is -2.32. The number of rotatable bonds is 3. The number of ether oxygens (including phenoxy) is 1. The van der Waals surface area contributed by atoms with Gasteiger partial charge < -0.3 is 18.5 Å². The maximum Gasteiger partial charge on any atom is 0.246 e. The molecular formula is C14H16BrN3O3. The minimum atomic E-state index is -0.175. The Balaban J connectivity index is 1.70. The van der Waals surface area contributed by atoms with E-state index in [2.05, 4.69) is 38.1 Å². The van der Waals surface area contributed by atoms with E-state index < -0.39 is 0 Å². The first-order chi connectivity index (χ1) is 10.1. The van der Waals surface area contributed by atoms with Crippen molar-refractivity contribution in [3.63, 3.8) is 0 Å². The van der Waals surface area contributed by atoms with Crippen molar-refractivity contribution in [1.82, 2.24) is 15.1 Å². The molecule has 7 heteroatoms. The van der Waals surface area contributed by atoms with Gasteiger partial charge in [0, 0.05) is 19.2 Å². The molecule has 1 aliphatic heterocycles. The molecule has 1 fully saturated rings. The molecule has 0 aromatic carbocycles. The van der Waals surface area contributed by atoms with Gasteiger partial charge in [0.2, 0.25) is 11.8 Å². The van der Waals surface area contributed by atoms with Crippen molar-refractivity contribution in [1.29, 1.82) is 0 Å². The predicted molar refractivity (Wildman–Crippen MR) is 80.4 cm³/mol. The topological polar surface area (TPSA) is 64.5 Å². The molecule has 3 heterocycles. The predicted octanol–water partition coefficient (Wildman–Crippen LogP) is 2.99. The highest BCUT2D eigenvalue weighted by Crippen LogP contribution is 2.24.